The molecule has 0 atom stereocenters. The van der Waals surface area contributed by atoms with E-state index in [9.17, 15) is 0 Å². The maximum Gasteiger partial charge on any atom is 0.179 e. The van der Waals surface area contributed by atoms with Crippen LogP contribution in [0, 0.1) is 0 Å². The summed E-state index contributed by atoms with van der Waals surface area (Å²) in [7, 11) is 0. The molecule has 0 N–H and O–H groups in total. The van der Waals surface area contributed by atoms with Crippen molar-refractivity contribution in [3.8, 4) is 0 Å². The molecule has 6 nitrogen and oxygen atoms in total. The Morgan fingerprint density at radius 1 is 1.04 bits per heavy atom. The number of nitrogens with zero attached hydrogens (tertiary/aromatic N) is 6. The van der Waals surface area contributed by atoms with Crippen LogP contribution in [-0.2, 0) is 6.54 Å². The Balaban J connectivity index is 1.22. The lowest BCUT2D eigenvalue weighted by Gasteiger charge is -2.35. The summed E-state index contributed by atoms with van der Waals surface area (Å²) in [6.07, 6.45) is 6.52. The van der Waals surface area contributed by atoms with E-state index in [1.807, 2.05) is 10.7 Å². The molecule has 3 aromatic rings. The topological polar surface area (TPSA) is 49.6 Å². The Kier molecular flexibility index (Phi) is 4.49. The van der Waals surface area contributed by atoms with Crippen LogP contribution in [0.3, 0.4) is 0 Å². The third kappa shape index (κ3) is 3.53. The summed E-state index contributed by atoms with van der Waals surface area (Å²) >= 11 is 1.79. The Bertz CT molecular complexity index is 925. The van der Waals surface area contributed by atoms with Gasteiger partial charge >= 0.3 is 0 Å². The van der Waals surface area contributed by atoms with Gasteiger partial charge in [-0.25, -0.2) is 0 Å². The van der Waals surface area contributed by atoms with E-state index in [-0.39, 0.29) is 0 Å². The van der Waals surface area contributed by atoms with Gasteiger partial charge in [-0.05, 0) is 36.8 Å². The number of fused-ring (bicyclic) bond motifs is 1. The van der Waals surface area contributed by atoms with Crippen LogP contribution in [0.15, 0.2) is 41.4 Å². The molecule has 0 amide bonds. The molecule has 7 heteroatoms. The van der Waals surface area contributed by atoms with Gasteiger partial charge < -0.3 is 4.90 Å². The first-order chi connectivity index (χ1) is 13.3. The van der Waals surface area contributed by atoms with Crippen LogP contribution < -0.4 is 4.90 Å². The standard InChI is InChI=1S/C20H24N6S/c1-27-18-6-2-15(3-7-18)14-24-8-10-25(11-9-24)17-12-19-22-23-20(16-4-5-16)26(19)21-13-17/h2-3,6-7,12-13,16H,4-5,8-11,14H2,1H3. The van der Waals surface area contributed by atoms with E-state index in [2.05, 4.69) is 61.7 Å². The van der Waals surface area contributed by atoms with Crippen molar-refractivity contribution in [1.82, 2.24) is 24.7 Å². The van der Waals surface area contributed by atoms with Gasteiger partial charge in [-0.3, -0.25) is 4.90 Å². The molecule has 2 aromatic heterocycles. The number of anilines is 1. The molecule has 140 valence electrons. The maximum absolute atomic E-state index is 4.62. The molecule has 5 rings (SSSR count). The van der Waals surface area contributed by atoms with Gasteiger partial charge in [0.1, 0.15) is 0 Å². The van der Waals surface area contributed by atoms with Gasteiger partial charge in [0.05, 0.1) is 11.9 Å². The monoisotopic (exact) mass is 380 g/mol. The van der Waals surface area contributed by atoms with Gasteiger partial charge in [0.2, 0.25) is 0 Å². The van der Waals surface area contributed by atoms with Crippen molar-refractivity contribution in [2.24, 2.45) is 0 Å². The zero-order chi connectivity index (χ0) is 18.2. The predicted molar refractivity (Wildman–Crippen MR) is 108 cm³/mol. The van der Waals surface area contributed by atoms with Crippen LogP contribution in [0.25, 0.3) is 5.65 Å². The highest BCUT2D eigenvalue weighted by Gasteiger charge is 2.29. The second kappa shape index (κ2) is 7.13. The summed E-state index contributed by atoms with van der Waals surface area (Å²) in [6.45, 7) is 5.19. The van der Waals surface area contributed by atoms with E-state index in [1.165, 1.54) is 23.3 Å². The lowest BCUT2D eigenvalue weighted by molar-refractivity contribution is 0.250. The Labute approximate surface area is 163 Å². The SMILES string of the molecule is CSc1ccc(CN2CCN(c3cnn4c(C5CC5)nnc4c3)CC2)cc1. The highest BCUT2D eigenvalue weighted by molar-refractivity contribution is 7.98. The number of thioether (sulfide) groups is 1. The number of hydrogen-bond acceptors (Lipinski definition) is 6. The highest BCUT2D eigenvalue weighted by atomic mass is 32.2. The largest absolute Gasteiger partial charge is 0.368 e. The first-order valence-corrected chi connectivity index (χ1v) is 10.8. The fourth-order valence-electron chi connectivity index (χ4n) is 3.72. The molecule has 0 spiro atoms. The van der Waals surface area contributed by atoms with E-state index >= 15 is 0 Å². The fourth-order valence-corrected chi connectivity index (χ4v) is 4.13. The summed E-state index contributed by atoms with van der Waals surface area (Å²) in [5, 5.41) is 13.3. The lowest BCUT2D eigenvalue weighted by Crippen LogP contribution is -2.46. The number of hydrogen-bond donors (Lipinski definition) is 0. The first-order valence-electron chi connectivity index (χ1n) is 9.62. The Hall–Kier alpha value is -2.12. The van der Waals surface area contributed by atoms with Crippen LogP contribution in [0.4, 0.5) is 5.69 Å². The smallest absolute Gasteiger partial charge is 0.179 e. The molecule has 1 aliphatic carbocycles. The van der Waals surface area contributed by atoms with Crippen LogP contribution in [0.1, 0.15) is 30.1 Å². The maximum atomic E-state index is 4.62. The molecule has 0 unspecified atom stereocenters. The van der Waals surface area contributed by atoms with Crippen LogP contribution in [0.2, 0.25) is 0 Å². The Morgan fingerprint density at radius 3 is 2.52 bits per heavy atom. The zero-order valence-electron chi connectivity index (χ0n) is 15.6. The van der Waals surface area contributed by atoms with Gasteiger partial charge in [-0.1, -0.05) is 12.1 Å². The fraction of sp³-hybridized carbons (Fsp3) is 0.450. The van der Waals surface area contributed by atoms with Gasteiger partial charge in [-0.15, -0.1) is 22.0 Å². The van der Waals surface area contributed by atoms with Gasteiger partial charge in [0, 0.05) is 49.6 Å². The minimum Gasteiger partial charge on any atom is -0.368 e. The normalized spacial score (nSPS) is 18.3. The van der Waals surface area contributed by atoms with Gasteiger partial charge in [0.25, 0.3) is 0 Å². The number of aromatic nitrogens is 4. The van der Waals surface area contributed by atoms with E-state index < -0.39 is 0 Å². The molecule has 3 heterocycles. The summed E-state index contributed by atoms with van der Waals surface area (Å²) in [5.74, 6) is 1.58. The van der Waals surface area contributed by atoms with Crippen molar-refractivity contribution in [1.29, 1.82) is 0 Å². The summed E-state index contributed by atoms with van der Waals surface area (Å²) in [4.78, 5) is 6.26. The average molecular weight is 381 g/mol. The molecule has 1 saturated heterocycles. The molecule has 0 bridgehead atoms. The van der Waals surface area contributed by atoms with E-state index in [0.717, 1.165) is 49.9 Å². The minimum absolute atomic E-state index is 0.562. The molecule has 1 aliphatic heterocycles. The summed E-state index contributed by atoms with van der Waals surface area (Å²) in [5.41, 5.74) is 3.41. The van der Waals surface area contributed by atoms with E-state index in [4.69, 9.17) is 0 Å². The predicted octanol–water partition coefficient (Wildman–Crippen LogP) is 3.05. The number of benzene rings is 1. The van der Waals surface area contributed by atoms with Crippen molar-refractivity contribution in [3.63, 3.8) is 0 Å². The van der Waals surface area contributed by atoms with Crippen molar-refractivity contribution in [3.05, 3.63) is 47.9 Å². The molecule has 1 aromatic carbocycles. The molecular weight excluding hydrogens is 356 g/mol. The molecule has 0 radical (unpaired) electrons. The molecule has 27 heavy (non-hydrogen) atoms. The highest BCUT2D eigenvalue weighted by Crippen LogP contribution is 2.38. The van der Waals surface area contributed by atoms with E-state index in [0.29, 0.717) is 5.92 Å². The van der Waals surface area contributed by atoms with E-state index in [1.54, 1.807) is 11.8 Å². The third-order valence-electron chi connectivity index (χ3n) is 5.52. The van der Waals surface area contributed by atoms with Crippen LogP contribution >= 0.6 is 11.8 Å². The molecule has 2 fully saturated rings. The second-order valence-electron chi connectivity index (χ2n) is 7.43. The zero-order valence-corrected chi connectivity index (χ0v) is 16.4. The molecule has 2 aliphatic rings. The second-order valence-corrected chi connectivity index (χ2v) is 8.31. The third-order valence-corrected chi connectivity index (χ3v) is 6.26. The van der Waals surface area contributed by atoms with Gasteiger partial charge in [-0.2, -0.15) is 9.61 Å². The minimum atomic E-state index is 0.562. The average Bonchev–Trinajstić information content (AvgIpc) is 3.48. The van der Waals surface area contributed by atoms with Crippen LogP contribution in [-0.4, -0.2) is 57.1 Å². The quantitative estimate of drug-likeness (QED) is 0.634. The lowest BCUT2D eigenvalue weighted by atomic mass is 10.2. The molecular formula is C20H24N6S. The number of rotatable bonds is 5. The van der Waals surface area contributed by atoms with Crippen molar-refractivity contribution < 1.29 is 0 Å². The Morgan fingerprint density at radius 2 is 1.81 bits per heavy atom. The molecule has 1 saturated carbocycles. The van der Waals surface area contributed by atoms with Crippen LogP contribution in [0.5, 0.6) is 0 Å². The summed E-state index contributed by atoms with van der Waals surface area (Å²) in [6, 6.07) is 11.1. The van der Waals surface area contributed by atoms with Crippen molar-refractivity contribution in [2.75, 3.05) is 37.3 Å². The van der Waals surface area contributed by atoms with Crippen molar-refractivity contribution >= 4 is 23.1 Å². The first kappa shape index (κ1) is 17.0. The van der Waals surface area contributed by atoms with Gasteiger partial charge in [0.15, 0.2) is 11.5 Å². The number of piperazine rings is 1. The van der Waals surface area contributed by atoms with Crippen molar-refractivity contribution in [2.45, 2.75) is 30.2 Å². The summed E-state index contributed by atoms with van der Waals surface area (Å²) < 4.78 is 1.91.